The molecule has 1 N–H and O–H groups in total. The molecule has 1 aromatic rings. The van der Waals surface area contributed by atoms with Gasteiger partial charge in [0.05, 0.1) is 7.11 Å². The molecule has 80 valence electrons. The van der Waals surface area contributed by atoms with Gasteiger partial charge in [0.2, 0.25) is 0 Å². The van der Waals surface area contributed by atoms with Gasteiger partial charge in [0.25, 0.3) is 0 Å². The lowest BCUT2D eigenvalue weighted by molar-refractivity contribution is -0.138. The zero-order valence-electron chi connectivity index (χ0n) is 8.82. The minimum absolute atomic E-state index is 0.185. The number of carbonyl (C=O) groups is 1. The van der Waals surface area contributed by atoms with E-state index in [2.05, 4.69) is 16.6 Å². The van der Waals surface area contributed by atoms with Crippen molar-refractivity contribution in [3.05, 3.63) is 42.5 Å². The van der Waals surface area contributed by atoms with Crippen molar-refractivity contribution in [3.63, 3.8) is 0 Å². The number of allylic oxidation sites excluding steroid dienone is 1. The van der Waals surface area contributed by atoms with Crippen LogP contribution in [0.15, 0.2) is 36.9 Å². The molecule has 0 atom stereocenters. The third-order valence-electron chi connectivity index (χ3n) is 2.03. The first-order valence-corrected chi connectivity index (χ1v) is 4.77. The van der Waals surface area contributed by atoms with Crippen molar-refractivity contribution in [2.45, 2.75) is 6.42 Å². The molecule has 0 amide bonds. The van der Waals surface area contributed by atoms with E-state index >= 15 is 0 Å². The molecular formula is C12H15NO2. The van der Waals surface area contributed by atoms with Crippen molar-refractivity contribution in [3.8, 4) is 0 Å². The van der Waals surface area contributed by atoms with E-state index in [-0.39, 0.29) is 12.5 Å². The molecule has 0 saturated carbocycles. The lowest BCUT2D eigenvalue weighted by atomic mass is 10.1. The lowest BCUT2D eigenvalue weighted by Gasteiger charge is -2.09. The van der Waals surface area contributed by atoms with Crippen LogP contribution in [0.2, 0.25) is 0 Å². The van der Waals surface area contributed by atoms with Crippen molar-refractivity contribution in [1.29, 1.82) is 0 Å². The summed E-state index contributed by atoms with van der Waals surface area (Å²) in [6, 6.07) is 7.82. The average molecular weight is 205 g/mol. The van der Waals surface area contributed by atoms with Crippen molar-refractivity contribution in [2.75, 3.05) is 19.0 Å². The maximum atomic E-state index is 10.9. The first-order chi connectivity index (χ1) is 7.27. The van der Waals surface area contributed by atoms with Gasteiger partial charge in [-0.05, 0) is 18.1 Å². The summed E-state index contributed by atoms with van der Waals surface area (Å²) in [7, 11) is 1.37. The fraction of sp³-hybridized carbons (Fsp3) is 0.250. The van der Waals surface area contributed by atoms with Gasteiger partial charge >= 0.3 is 5.97 Å². The van der Waals surface area contributed by atoms with E-state index in [1.54, 1.807) is 0 Å². The van der Waals surface area contributed by atoms with E-state index in [0.717, 1.165) is 17.7 Å². The molecule has 0 aromatic heterocycles. The topological polar surface area (TPSA) is 38.3 Å². The van der Waals surface area contributed by atoms with Gasteiger partial charge in [-0.25, -0.2) is 0 Å². The molecule has 3 heteroatoms. The number of rotatable bonds is 5. The molecule has 0 fully saturated rings. The van der Waals surface area contributed by atoms with E-state index in [9.17, 15) is 4.79 Å². The Morgan fingerprint density at radius 2 is 2.27 bits per heavy atom. The summed E-state index contributed by atoms with van der Waals surface area (Å²) in [6.45, 7) is 3.87. The maximum Gasteiger partial charge on any atom is 0.325 e. The Hall–Kier alpha value is -1.77. The number of esters is 1. The molecule has 0 radical (unpaired) electrons. The van der Waals surface area contributed by atoms with Crippen LogP contribution >= 0.6 is 0 Å². The number of hydrogen-bond donors (Lipinski definition) is 1. The van der Waals surface area contributed by atoms with E-state index in [0.29, 0.717) is 0 Å². The molecule has 0 saturated heterocycles. The van der Waals surface area contributed by atoms with E-state index in [4.69, 9.17) is 0 Å². The quantitative estimate of drug-likeness (QED) is 0.590. The zero-order valence-corrected chi connectivity index (χ0v) is 8.82. The number of anilines is 1. The smallest absolute Gasteiger partial charge is 0.325 e. The summed E-state index contributed by atoms with van der Waals surface area (Å²) < 4.78 is 4.55. The Morgan fingerprint density at radius 1 is 1.53 bits per heavy atom. The number of para-hydroxylation sites is 1. The molecule has 0 bridgehead atoms. The summed E-state index contributed by atoms with van der Waals surface area (Å²) >= 11 is 0. The van der Waals surface area contributed by atoms with Crippen LogP contribution in [0.4, 0.5) is 5.69 Å². The Bertz CT molecular complexity index is 347. The first kappa shape index (κ1) is 11.3. The van der Waals surface area contributed by atoms with Gasteiger partial charge in [-0.1, -0.05) is 24.3 Å². The van der Waals surface area contributed by atoms with Gasteiger partial charge < -0.3 is 10.1 Å². The molecule has 0 spiro atoms. The molecule has 0 aliphatic carbocycles. The van der Waals surface area contributed by atoms with E-state index in [1.807, 2.05) is 30.3 Å². The molecule has 0 unspecified atom stereocenters. The Kier molecular flexibility index (Phi) is 4.41. The summed E-state index contributed by atoms with van der Waals surface area (Å²) in [6.07, 6.45) is 2.61. The Balaban J connectivity index is 2.66. The van der Waals surface area contributed by atoms with Crippen LogP contribution in [0.25, 0.3) is 0 Å². The Morgan fingerprint density at radius 3 is 2.93 bits per heavy atom. The SMILES string of the molecule is C=CCc1ccccc1NCC(=O)OC. The minimum Gasteiger partial charge on any atom is -0.468 e. The van der Waals surface area contributed by atoms with Crippen molar-refractivity contribution >= 4 is 11.7 Å². The molecule has 1 rings (SSSR count). The van der Waals surface area contributed by atoms with E-state index < -0.39 is 0 Å². The summed E-state index contributed by atoms with van der Waals surface area (Å²) in [5, 5.41) is 3.03. The largest absolute Gasteiger partial charge is 0.468 e. The zero-order chi connectivity index (χ0) is 11.1. The second kappa shape index (κ2) is 5.86. The predicted molar refractivity (Wildman–Crippen MR) is 60.8 cm³/mol. The van der Waals surface area contributed by atoms with Gasteiger partial charge in [-0.2, -0.15) is 0 Å². The number of hydrogen-bond acceptors (Lipinski definition) is 3. The molecule has 0 heterocycles. The van der Waals surface area contributed by atoms with Crippen LogP contribution < -0.4 is 5.32 Å². The third kappa shape index (κ3) is 3.46. The fourth-order valence-corrected chi connectivity index (χ4v) is 1.27. The highest BCUT2D eigenvalue weighted by Gasteiger charge is 2.02. The highest BCUT2D eigenvalue weighted by Crippen LogP contribution is 2.15. The molecule has 0 aliphatic heterocycles. The lowest BCUT2D eigenvalue weighted by Crippen LogP contribution is -2.15. The average Bonchev–Trinajstić information content (AvgIpc) is 2.28. The van der Waals surface area contributed by atoms with Crippen molar-refractivity contribution in [2.24, 2.45) is 0 Å². The van der Waals surface area contributed by atoms with Crippen molar-refractivity contribution < 1.29 is 9.53 Å². The Labute approximate surface area is 89.8 Å². The molecular weight excluding hydrogens is 190 g/mol. The van der Waals surface area contributed by atoms with Crippen LogP contribution in [0.5, 0.6) is 0 Å². The summed E-state index contributed by atoms with van der Waals surface area (Å²) in [5.74, 6) is -0.275. The number of ether oxygens (including phenoxy) is 1. The van der Waals surface area contributed by atoms with Crippen molar-refractivity contribution in [1.82, 2.24) is 0 Å². The van der Waals surface area contributed by atoms with Crippen LogP contribution in [-0.4, -0.2) is 19.6 Å². The maximum absolute atomic E-state index is 10.9. The van der Waals surface area contributed by atoms with Gasteiger partial charge in [-0.3, -0.25) is 4.79 Å². The van der Waals surface area contributed by atoms with Gasteiger partial charge in [0.15, 0.2) is 0 Å². The summed E-state index contributed by atoms with van der Waals surface area (Å²) in [5.41, 5.74) is 2.07. The highest BCUT2D eigenvalue weighted by molar-refractivity contribution is 5.75. The molecule has 1 aromatic carbocycles. The number of benzene rings is 1. The second-order valence-electron chi connectivity index (χ2n) is 3.08. The van der Waals surface area contributed by atoms with Crippen LogP contribution in [0, 0.1) is 0 Å². The molecule has 3 nitrogen and oxygen atoms in total. The van der Waals surface area contributed by atoms with E-state index in [1.165, 1.54) is 7.11 Å². The molecule has 15 heavy (non-hydrogen) atoms. The van der Waals surface area contributed by atoms with Crippen LogP contribution in [-0.2, 0) is 16.0 Å². The minimum atomic E-state index is -0.275. The fourth-order valence-electron chi connectivity index (χ4n) is 1.27. The number of methoxy groups -OCH3 is 1. The standard InChI is InChI=1S/C12H15NO2/c1-3-6-10-7-4-5-8-11(10)13-9-12(14)15-2/h3-5,7-8,13H,1,6,9H2,2H3. The number of carbonyl (C=O) groups excluding carboxylic acids is 1. The van der Waals surface area contributed by atoms with Gasteiger partial charge in [0, 0.05) is 5.69 Å². The van der Waals surface area contributed by atoms with Gasteiger partial charge in [0.1, 0.15) is 6.54 Å². The summed E-state index contributed by atoms with van der Waals surface area (Å²) in [4.78, 5) is 10.9. The van der Waals surface area contributed by atoms with Crippen LogP contribution in [0.1, 0.15) is 5.56 Å². The normalized spacial score (nSPS) is 9.40. The monoisotopic (exact) mass is 205 g/mol. The first-order valence-electron chi connectivity index (χ1n) is 4.77. The van der Waals surface area contributed by atoms with Gasteiger partial charge in [-0.15, -0.1) is 6.58 Å². The predicted octanol–water partition coefficient (Wildman–Crippen LogP) is 2.00. The highest BCUT2D eigenvalue weighted by atomic mass is 16.5. The number of nitrogens with one attached hydrogen (secondary N) is 1. The second-order valence-corrected chi connectivity index (χ2v) is 3.08. The third-order valence-corrected chi connectivity index (χ3v) is 2.03. The van der Waals surface area contributed by atoms with Crippen LogP contribution in [0.3, 0.4) is 0 Å². The molecule has 0 aliphatic rings.